The van der Waals surface area contributed by atoms with Gasteiger partial charge in [0, 0.05) is 37.4 Å². The Morgan fingerprint density at radius 1 is 1.03 bits per heavy atom. The minimum atomic E-state index is -0.293. The molecule has 33 heavy (non-hydrogen) atoms. The molecule has 1 atom stereocenters. The highest BCUT2D eigenvalue weighted by molar-refractivity contribution is 6.30. The van der Waals surface area contributed by atoms with Crippen LogP contribution in [0.3, 0.4) is 0 Å². The number of halogens is 1. The van der Waals surface area contributed by atoms with Gasteiger partial charge in [-0.3, -0.25) is 4.79 Å². The Bertz CT molecular complexity index is 1080. The molecule has 3 aromatic carbocycles. The first-order valence-corrected chi connectivity index (χ1v) is 11.8. The summed E-state index contributed by atoms with van der Waals surface area (Å²) in [4.78, 5) is 14.6. The molecule has 1 N–H and O–H groups in total. The molecule has 0 saturated carbocycles. The zero-order valence-electron chi connectivity index (χ0n) is 19.0. The minimum Gasteiger partial charge on any atom is -0.487 e. The van der Waals surface area contributed by atoms with E-state index in [1.807, 2.05) is 66.7 Å². The molecule has 1 aliphatic rings. The molecule has 0 saturated heterocycles. The number of amides is 1. The number of aliphatic hydroxyl groups is 1. The number of ether oxygens (including phenoxy) is 1. The van der Waals surface area contributed by atoms with Crippen LogP contribution in [0, 0.1) is 0 Å². The summed E-state index contributed by atoms with van der Waals surface area (Å²) in [5, 5.41) is 10.1. The van der Waals surface area contributed by atoms with Gasteiger partial charge in [-0.1, -0.05) is 66.2 Å². The van der Waals surface area contributed by atoms with E-state index in [1.54, 1.807) is 4.90 Å². The van der Waals surface area contributed by atoms with Crippen LogP contribution in [0.1, 0.15) is 35.6 Å². The summed E-state index contributed by atoms with van der Waals surface area (Å²) in [6.45, 7) is 2.96. The predicted octanol–water partition coefficient (Wildman–Crippen LogP) is 5.23. The first-order valence-electron chi connectivity index (χ1n) is 11.4. The van der Waals surface area contributed by atoms with Crippen LogP contribution in [-0.2, 0) is 30.6 Å². The molecule has 0 aromatic heterocycles. The van der Waals surface area contributed by atoms with E-state index in [0.717, 1.165) is 34.7 Å². The fourth-order valence-electron chi connectivity index (χ4n) is 4.49. The third-order valence-electron chi connectivity index (χ3n) is 6.10. The van der Waals surface area contributed by atoms with Crippen LogP contribution in [0.15, 0.2) is 72.8 Å². The summed E-state index contributed by atoms with van der Waals surface area (Å²) in [6.07, 6.45) is 2.71. The van der Waals surface area contributed by atoms with Crippen molar-refractivity contribution in [3.05, 3.63) is 100 Å². The maximum Gasteiger partial charge on any atom is 0.223 e. The maximum atomic E-state index is 12.9. The lowest BCUT2D eigenvalue weighted by Gasteiger charge is -2.24. The smallest absolute Gasteiger partial charge is 0.223 e. The van der Waals surface area contributed by atoms with Crippen molar-refractivity contribution in [1.29, 1.82) is 0 Å². The SMILES string of the molecule is CC1(Cc2ccc(Cl)cc2)Cc2cc(CCC(=O)N(CCO)Cc3ccccc3)ccc2O1. The van der Waals surface area contributed by atoms with Gasteiger partial charge in [0.2, 0.25) is 5.91 Å². The lowest BCUT2D eigenvalue weighted by Crippen LogP contribution is -2.33. The van der Waals surface area contributed by atoms with Gasteiger partial charge in [0.15, 0.2) is 0 Å². The Hall–Kier alpha value is -2.82. The van der Waals surface area contributed by atoms with E-state index in [1.165, 1.54) is 11.1 Å². The van der Waals surface area contributed by atoms with Crippen LogP contribution in [0.25, 0.3) is 0 Å². The lowest BCUT2D eigenvalue weighted by molar-refractivity contribution is -0.132. The third-order valence-corrected chi connectivity index (χ3v) is 6.36. The van der Waals surface area contributed by atoms with Crippen LogP contribution in [-0.4, -0.2) is 34.7 Å². The van der Waals surface area contributed by atoms with Crippen LogP contribution in [0.4, 0.5) is 0 Å². The molecule has 5 heteroatoms. The Kier molecular flexibility index (Phi) is 7.36. The number of aryl methyl sites for hydroxylation is 1. The van der Waals surface area contributed by atoms with E-state index in [2.05, 4.69) is 13.0 Å². The van der Waals surface area contributed by atoms with Gasteiger partial charge in [-0.2, -0.15) is 0 Å². The normalized spacial score (nSPS) is 16.8. The second-order valence-corrected chi connectivity index (χ2v) is 9.43. The van der Waals surface area contributed by atoms with Gasteiger partial charge in [0.05, 0.1) is 6.61 Å². The number of fused-ring (bicyclic) bond motifs is 1. The molecule has 1 aliphatic heterocycles. The molecule has 0 fully saturated rings. The van der Waals surface area contributed by atoms with E-state index < -0.39 is 0 Å². The first kappa shape index (κ1) is 23.3. The Morgan fingerprint density at radius 2 is 1.76 bits per heavy atom. The quantitative estimate of drug-likeness (QED) is 0.472. The van der Waals surface area contributed by atoms with Crippen molar-refractivity contribution >= 4 is 17.5 Å². The summed E-state index contributed by atoms with van der Waals surface area (Å²) < 4.78 is 6.31. The number of hydrogen-bond donors (Lipinski definition) is 1. The van der Waals surface area contributed by atoms with Crippen LogP contribution < -0.4 is 4.74 Å². The van der Waals surface area contributed by atoms with Gasteiger partial charge in [0.25, 0.3) is 0 Å². The van der Waals surface area contributed by atoms with E-state index in [0.29, 0.717) is 25.9 Å². The molecular formula is C28H30ClNO3. The van der Waals surface area contributed by atoms with Gasteiger partial charge in [-0.15, -0.1) is 0 Å². The molecule has 0 bridgehead atoms. The highest BCUT2D eigenvalue weighted by atomic mass is 35.5. The van der Waals surface area contributed by atoms with Gasteiger partial charge in [-0.05, 0) is 53.8 Å². The van der Waals surface area contributed by atoms with E-state index >= 15 is 0 Å². The van der Waals surface area contributed by atoms with Crippen molar-refractivity contribution < 1.29 is 14.6 Å². The van der Waals surface area contributed by atoms with Gasteiger partial charge >= 0.3 is 0 Å². The third kappa shape index (κ3) is 6.16. The molecule has 0 radical (unpaired) electrons. The molecule has 1 amide bonds. The highest BCUT2D eigenvalue weighted by Gasteiger charge is 2.35. The van der Waals surface area contributed by atoms with Crippen molar-refractivity contribution in [2.45, 2.75) is 44.8 Å². The number of aliphatic hydroxyl groups excluding tert-OH is 1. The fraction of sp³-hybridized carbons (Fsp3) is 0.321. The summed E-state index contributed by atoms with van der Waals surface area (Å²) >= 11 is 6.01. The number of hydrogen-bond acceptors (Lipinski definition) is 3. The van der Waals surface area contributed by atoms with Crippen molar-refractivity contribution in [3.63, 3.8) is 0 Å². The molecule has 4 nitrogen and oxygen atoms in total. The average molecular weight is 464 g/mol. The zero-order valence-corrected chi connectivity index (χ0v) is 19.7. The molecular weight excluding hydrogens is 434 g/mol. The predicted molar refractivity (Wildman–Crippen MR) is 132 cm³/mol. The minimum absolute atomic E-state index is 0.0407. The van der Waals surface area contributed by atoms with Gasteiger partial charge < -0.3 is 14.7 Å². The Morgan fingerprint density at radius 3 is 2.48 bits per heavy atom. The second-order valence-electron chi connectivity index (χ2n) is 9.00. The average Bonchev–Trinajstić information content (AvgIpc) is 3.14. The number of carbonyl (C=O) groups excluding carboxylic acids is 1. The molecule has 0 spiro atoms. The Labute approximate surface area is 200 Å². The number of carbonyl (C=O) groups is 1. The molecule has 3 aromatic rings. The van der Waals surface area contributed by atoms with Crippen molar-refractivity contribution in [1.82, 2.24) is 4.90 Å². The summed E-state index contributed by atoms with van der Waals surface area (Å²) in [5.74, 6) is 0.977. The largest absolute Gasteiger partial charge is 0.487 e. The first-order chi connectivity index (χ1) is 15.9. The summed E-state index contributed by atoms with van der Waals surface area (Å²) in [6, 6.07) is 24.0. The number of nitrogens with zero attached hydrogens (tertiary/aromatic N) is 1. The van der Waals surface area contributed by atoms with Crippen LogP contribution >= 0.6 is 11.6 Å². The standard InChI is InChI=1S/C28H30ClNO3/c1-28(18-22-7-11-25(29)12-8-22)19-24-17-21(9-13-26(24)33-28)10-14-27(32)30(15-16-31)20-23-5-3-2-4-6-23/h2-9,11-13,17,31H,10,14-16,18-20H2,1H3. The topological polar surface area (TPSA) is 49.8 Å². The van der Waals surface area contributed by atoms with Crippen molar-refractivity contribution in [2.24, 2.45) is 0 Å². The summed E-state index contributed by atoms with van der Waals surface area (Å²) in [7, 11) is 0. The van der Waals surface area contributed by atoms with Crippen LogP contribution in [0.2, 0.25) is 5.02 Å². The van der Waals surface area contributed by atoms with E-state index in [-0.39, 0.29) is 18.1 Å². The number of benzene rings is 3. The summed E-state index contributed by atoms with van der Waals surface area (Å²) in [5.41, 5.74) is 4.29. The fourth-order valence-corrected chi connectivity index (χ4v) is 4.61. The maximum absolute atomic E-state index is 12.9. The lowest BCUT2D eigenvalue weighted by atomic mass is 9.91. The molecule has 1 unspecified atom stereocenters. The molecule has 1 heterocycles. The molecule has 4 rings (SSSR count). The van der Waals surface area contributed by atoms with Gasteiger partial charge in [0.1, 0.15) is 11.4 Å². The monoisotopic (exact) mass is 463 g/mol. The van der Waals surface area contributed by atoms with E-state index in [4.69, 9.17) is 16.3 Å². The molecule has 0 aliphatic carbocycles. The molecule has 172 valence electrons. The van der Waals surface area contributed by atoms with E-state index in [9.17, 15) is 9.90 Å². The zero-order chi connectivity index (χ0) is 23.3. The Balaban J connectivity index is 1.36. The van der Waals surface area contributed by atoms with Crippen molar-refractivity contribution in [3.8, 4) is 5.75 Å². The van der Waals surface area contributed by atoms with Gasteiger partial charge in [-0.25, -0.2) is 0 Å². The second kappa shape index (κ2) is 10.4. The van der Waals surface area contributed by atoms with Crippen LogP contribution in [0.5, 0.6) is 5.75 Å². The number of rotatable bonds is 9. The van der Waals surface area contributed by atoms with Crippen molar-refractivity contribution in [2.75, 3.05) is 13.2 Å². The highest BCUT2D eigenvalue weighted by Crippen LogP contribution is 2.37.